The minimum atomic E-state index is -1.50. The number of aliphatic carboxylic acids is 1. The third-order valence-corrected chi connectivity index (χ3v) is 14.8. The van der Waals surface area contributed by atoms with Gasteiger partial charge in [0.05, 0.1) is 62.0 Å². The maximum atomic E-state index is 14.2. The van der Waals surface area contributed by atoms with Gasteiger partial charge < -0.3 is 65.0 Å². The fourth-order valence-corrected chi connectivity index (χ4v) is 10.2. The molecule has 0 aliphatic carbocycles. The number of hydrogen-bond acceptors (Lipinski definition) is 17. The summed E-state index contributed by atoms with van der Waals surface area (Å²) in [7, 11) is 2.90. The average Bonchev–Trinajstić information content (AvgIpc) is 4.31. The number of hydrogen-bond donors (Lipinski definition) is 6. The first-order valence-corrected chi connectivity index (χ1v) is 27.3. The quantitative estimate of drug-likeness (QED) is 0.0554. The van der Waals surface area contributed by atoms with Crippen LogP contribution in [0.15, 0.2) is 65.7 Å². The molecule has 2 fully saturated rings. The molecule has 0 unspecified atom stereocenters. The Kier molecular flexibility index (Phi) is 19.3. The number of aliphatic hydroxyl groups excluding tert-OH is 1. The number of nitrogens with one attached hydrogen (secondary N) is 4. The second-order valence-electron chi connectivity index (χ2n) is 20.7. The number of rotatable bonds is 24. The molecule has 0 saturated carbocycles. The summed E-state index contributed by atoms with van der Waals surface area (Å²) in [5.41, 5.74) is 1.85. The molecule has 26 nitrogen and oxygen atoms in total. The van der Waals surface area contributed by atoms with Crippen molar-refractivity contribution in [2.45, 2.75) is 115 Å². The Hall–Kier alpha value is -9.07. The molecule has 0 radical (unpaired) electrons. The van der Waals surface area contributed by atoms with Gasteiger partial charge in [-0.15, -0.1) is 0 Å². The molecule has 8 rings (SSSR count). The Bertz CT molecular complexity index is 3070. The number of fused-ring (bicyclic) bond motifs is 4. The van der Waals surface area contributed by atoms with E-state index in [9.17, 15) is 58.2 Å². The summed E-state index contributed by atoms with van der Waals surface area (Å²) >= 11 is 0. The van der Waals surface area contributed by atoms with Gasteiger partial charge in [-0.3, -0.25) is 48.2 Å². The summed E-state index contributed by atoms with van der Waals surface area (Å²) in [6.45, 7) is 5.47. The van der Waals surface area contributed by atoms with E-state index in [1.165, 1.54) is 38.2 Å². The van der Waals surface area contributed by atoms with Gasteiger partial charge in [-0.1, -0.05) is 26.0 Å². The minimum absolute atomic E-state index is 0.0390. The molecular formula is C57H67N9O17. The van der Waals surface area contributed by atoms with Crippen LogP contribution in [0.2, 0.25) is 0 Å². The number of carbonyl (C=O) groups excluding carboxylic acids is 9. The first-order valence-electron chi connectivity index (χ1n) is 27.3. The lowest BCUT2D eigenvalue weighted by molar-refractivity contribution is -0.143. The zero-order valence-corrected chi connectivity index (χ0v) is 46.5. The Balaban J connectivity index is 0.834. The highest BCUT2D eigenvalue weighted by molar-refractivity contribution is 6.13. The van der Waals surface area contributed by atoms with Crippen LogP contribution in [0.5, 0.6) is 23.0 Å². The number of nitrogens with zero attached hydrogens (tertiary/aromatic N) is 5. The molecule has 0 aromatic heterocycles. The molecule has 83 heavy (non-hydrogen) atoms. The molecule has 9 amide bonds. The molecule has 0 bridgehead atoms. The van der Waals surface area contributed by atoms with E-state index in [0.717, 1.165) is 34.8 Å². The lowest BCUT2D eigenvalue weighted by Gasteiger charge is -2.31. The fraction of sp³-hybridized carbons (Fsp3) is 0.456. The molecule has 5 heterocycles. The van der Waals surface area contributed by atoms with Gasteiger partial charge in [0.2, 0.25) is 23.6 Å². The van der Waals surface area contributed by atoms with Gasteiger partial charge in [0.15, 0.2) is 29.2 Å². The molecule has 0 spiro atoms. The Morgan fingerprint density at radius 1 is 0.735 bits per heavy atom. The van der Waals surface area contributed by atoms with Crippen molar-refractivity contribution in [3.8, 4) is 23.0 Å². The van der Waals surface area contributed by atoms with Crippen LogP contribution in [0.25, 0.3) is 0 Å². The van der Waals surface area contributed by atoms with E-state index >= 15 is 0 Å². The predicted octanol–water partition coefficient (Wildman–Crippen LogP) is 3.20. The van der Waals surface area contributed by atoms with Crippen molar-refractivity contribution in [1.82, 2.24) is 30.7 Å². The largest absolute Gasteiger partial charge is 0.493 e. The number of aliphatic imine (C=N–C) groups is 1. The average molecular weight is 1150 g/mol. The molecule has 3 aromatic rings. The summed E-state index contributed by atoms with van der Waals surface area (Å²) in [5, 5.41) is 31.6. The number of carbonyl (C=O) groups is 10. The van der Waals surface area contributed by atoms with Gasteiger partial charge in [0.1, 0.15) is 24.7 Å². The van der Waals surface area contributed by atoms with Crippen LogP contribution in [0, 0.1) is 5.92 Å². The van der Waals surface area contributed by atoms with Crippen molar-refractivity contribution < 1.29 is 81.8 Å². The molecule has 6 N–H and O–H groups in total. The summed E-state index contributed by atoms with van der Waals surface area (Å²) in [5.74, 6) is -5.23. The van der Waals surface area contributed by atoms with Gasteiger partial charge in [0.25, 0.3) is 23.6 Å². The van der Waals surface area contributed by atoms with Crippen LogP contribution in [-0.4, -0.2) is 174 Å². The summed E-state index contributed by atoms with van der Waals surface area (Å²) < 4.78 is 29.3. The van der Waals surface area contributed by atoms with Gasteiger partial charge >= 0.3 is 12.1 Å². The number of methoxy groups -OCH3 is 2. The van der Waals surface area contributed by atoms with E-state index in [4.69, 9.17) is 23.7 Å². The highest BCUT2D eigenvalue weighted by atomic mass is 16.6. The first-order chi connectivity index (χ1) is 39.8. The molecule has 5 aliphatic heterocycles. The number of ether oxygens (including phenoxy) is 5. The smallest absolute Gasteiger partial charge is 0.416 e. The lowest BCUT2D eigenvalue weighted by Crippen LogP contribution is -2.54. The van der Waals surface area contributed by atoms with Crippen molar-refractivity contribution >= 4 is 82.6 Å². The van der Waals surface area contributed by atoms with Crippen molar-refractivity contribution in [3.63, 3.8) is 0 Å². The molecule has 5 aliphatic rings. The van der Waals surface area contributed by atoms with E-state index in [1.807, 2.05) is 4.90 Å². The van der Waals surface area contributed by atoms with E-state index in [2.05, 4.69) is 26.3 Å². The Morgan fingerprint density at radius 2 is 1.36 bits per heavy atom. The van der Waals surface area contributed by atoms with Crippen LogP contribution >= 0.6 is 0 Å². The number of anilines is 2. The predicted molar refractivity (Wildman–Crippen MR) is 295 cm³/mol. The Labute approximate surface area is 477 Å². The Morgan fingerprint density at radius 3 is 2.02 bits per heavy atom. The maximum Gasteiger partial charge on any atom is 0.416 e. The van der Waals surface area contributed by atoms with E-state index in [-0.39, 0.29) is 73.9 Å². The molecule has 6 atom stereocenters. The summed E-state index contributed by atoms with van der Waals surface area (Å²) in [6.07, 6.45) is 3.47. The minimum Gasteiger partial charge on any atom is -0.493 e. The van der Waals surface area contributed by atoms with Gasteiger partial charge in [-0.25, -0.2) is 14.5 Å². The third-order valence-electron chi connectivity index (χ3n) is 14.8. The van der Waals surface area contributed by atoms with Gasteiger partial charge in [-0.2, -0.15) is 0 Å². The van der Waals surface area contributed by atoms with Crippen LogP contribution in [0.4, 0.5) is 21.9 Å². The standard InChI is InChI=1S/C57H67N9O17/c1-31(2)50(62-46(67)16-15-38(56(76)77)61-47(68)19-22-65-48(69)17-18-49(65)70)52(72)59-32(3)51(71)60-34-13-11-33(12-14-34)30-83-57(78)66-41-28-45(43(80-5)26-37(41)54(74)64-21-7-10-40(64)55(66)75)82-24-8-23-81-44-27-39-36(25-42(44)79-4)53(73)63-20-6-9-35(63)29-58-39/h11-14,17-18,25-29,31-32,35,38,40,50,55,75H,6-10,15-16,19-24,30H2,1-5H3,(H,59,72)(H,60,71)(H,61,68)(H,62,67)(H,76,77)/t32-,35-,38-,40-,50-,55-/m0/s1. The number of amides is 9. The molecular weight excluding hydrogens is 1080 g/mol. The van der Waals surface area contributed by atoms with Crippen molar-refractivity contribution in [3.05, 3.63) is 77.4 Å². The number of carboxylic acid groups (broad SMARTS) is 1. The zero-order chi connectivity index (χ0) is 59.6. The molecule has 3 aromatic carbocycles. The highest BCUT2D eigenvalue weighted by Crippen LogP contribution is 2.42. The molecule has 26 heteroatoms. The molecule has 2 saturated heterocycles. The van der Waals surface area contributed by atoms with Gasteiger partial charge in [-0.05, 0) is 74.8 Å². The lowest BCUT2D eigenvalue weighted by atomic mass is 10.0. The van der Waals surface area contributed by atoms with Gasteiger partial charge in [0, 0.05) is 75.1 Å². The molecule has 442 valence electrons. The fourth-order valence-electron chi connectivity index (χ4n) is 10.2. The van der Waals surface area contributed by atoms with Crippen LogP contribution in [-0.2, 0) is 44.9 Å². The van der Waals surface area contributed by atoms with E-state index < -0.39 is 96.1 Å². The van der Waals surface area contributed by atoms with Crippen LogP contribution < -0.4 is 45.1 Å². The topological polar surface area (TPSA) is 331 Å². The monoisotopic (exact) mass is 1150 g/mol. The van der Waals surface area contributed by atoms with E-state index in [1.54, 1.807) is 56.5 Å². The van der Waals surface area contributed by atoms with Crippen molar-refractivity contribution in [2.24, 2.45) is 10.9 Å². The first kappa shape index (κ1) is 60.0. The number of carboxylic acids is 1. The second kappa shape index (κ2) is 26.7. The normalized spacial score (nSPS) is 18.9. The number of imide groups is 1. The summed E-state index contributed by atoms with van der Waals surface area (Å²) in [6, 6.07) is 7.98. The zero-order valence-electron chi connectivity index (χ0n) is 46.5. The third kappa shape index (κ3) is 14.0. The maximum absolute atomic E-state index is 14.2. The second-order valence-corrected chi connectivity index (χ2v) is 20.7. The van der Waals surface area contributed by atoms with Crippen LogP contribution in [0.3, 0.4) is 0 Å². The summed E-state index contributed by atoms with van der Waals surface area (Å²) in [4.78, 5) is 139. The number of aliphatic hydroxyl groups is 1. The number of benzene rings is 3. The van der Waals surface area contributed by atoms with Crippen molar-refractivity contribution in [1.29, 1.82) is 0 Å². The SMILES string of the molecule is COc1cc2c(cc1OCCCOc1cc3c(cc1OC)C(=O)N1CCC[C@H]1[C@H](O)N3C(=O)OCc1ccc(NC(=O)[C@H](C)NC(=O)[C@@H](NC(=O)CC[C@H](NC(=O)CCN3C(=O)C=CC3=O)C(=O)O)C(C)C)cc1)N=C[C@@H]1CCCN1C2=O. The van der Waals surface area contributed by atoms with Crippen molar-refractivity contribution in [2.75, 3.05) is 57.3 Å². The highest BCUT2D eigenvalue weighted by Gasteiger charge is 2.46. The van der Waals surface area contributed by atoms with Crippen LogP contribution in [0.1, 0.15) is 98.4 Å². The van der Waals surface area contributed by atoms with E-state index in [0.29, 0.717) is 66.4 Å².